The molecule has 3 rings (SSSR count). The molecule has 142 valence electrons. The molecule has 5 N–H and O–H groups in total. The maximum Gasteiger partial charge on any atom is 0.335 e. The molecular formula is C18H15N5O5. The van der Waals surface area contributed by atoms with Gasteiger partial charge in [0.2, 0.25) is 0 Å². The smallest absolute Gasteiger partial charge is 0.335 e. The van der Waals surface area contributed by atoms with Crippen molar-refractivity contribution >= 4 is 34.3 Å². The van der Waals surface area contributed by atoms with Crippen molar-refractivity contribution in [3.05, 3.63) is 70.0 Å². The van der Waals surface area contributed by atoms with Crippen molar-refractivity contribution in [2.75, 3.05) is 5.32 Å². The zero-order valence-corrected chi connectivity index (χ0v) is 14.6. The second-order valence-electron chi connectivity index (χ2n) is 5.78. The predicted molar refractivity (Wildman–Crippen MR) is 101 cm³/mol. The number of hydrogen-bond acceptors (Lipinski definition) is 6. The van der Waals surface area contributed by atoms with E-state index in [1.807, 2.05) is 0 Å². The highest BCUT2D eigenvalue weighted by atomic mass is 16.4. The lowest BCUT2D eigenvalue weighted by molar-refractivity contribution is -0.113. The number of fused-ring (bicyclic) bond motifs is 1. The average molecular weight is 381 g/mol. The van der Waals surface area contributed by atoms with Crippen molar-refractivity contribution in [1.82, 2.24) is 9.97 Å². The molecule has 10 nitrogen and oxygen atoms in total. The Morgan fingerprint density at radius 2 is 1.68 bits per heavy atom. The summed E-state index contributed by atoms with van der Waals surface area (Å²) in [6, 6.07) is 10.3. The van der Waals surface area contributed by atoms with Gasteiger partial charge in [0.05, 0.1) is 22.3 Å². The Balaban J connectivity index is 1.79. The fourth-order valence-electron chi connectivity index (χ4n) is 2.36. The van der Waals surface area contributed by atoms with Gasteiger partial charge in [0.25, 0.3) is 5.91 Å². The fourth-order valence-corrected chi connectivity index (χ4v) is 2.36. The Hall–Kier alpha value is -4.21. The largest absolute Gasteiger partial charge is 0.510 e. The third kappa shape index (κ3) is 4.12. The number of carboxylic acid groups (broad SMARTS) is 1. The first-order chi connectivity index (χ1) is 13.3. The Labute approximate surface area is 157 Å². The van der Waals surface area contributed by atoms with Gasteiger partial charge < -0.3 is 25.5 Å². The van der Waals surface area contributed by atoms with E-state index in [2.05, 4.69) is 25.5 Å². The molecule has 0 atom stereocenters. The number of anilines is 1. The summed E-state index contributed by atoms with van der Waals surface area (Å²) >= 11 is 0. The van der Waals surface area contributed by atoms with E-state index in [1.165, 1.54) is 31.2 Å². The van der Waals surface area contributed by atoms with Gasteiger partial charge in [-0.1, -0.05) is 0 Å². The number of allylic oxidation sites excluding steroid dienone is 1. The number of nitrogens with zero attached hydrogens (tertiary/aromatic N) is 2. The molecule has 0 unspecified atom stereocenters. The molecule has 0 saturated heterocycles. The molecular weight excluding hydrogens is 366 g/mol. The molecule has 0 aliphatic heterocycles. The highest BCUT2D eigenvalue weighted by Crippen LogP contribution is 2.19. The third-order valence-electron chi connectivity index (χ3n) is 3.71. The Morgan fingerprint density at radius 1 is 1.00 bits per heavy atom. The predicted octanol–water partition coefficient (Wildman–Crippen LogP) is 3.07. The van der Waals surface area contributed by atoms with Crippen molar-refractivity contribution in [2.45, 2.75) is 6.92 Å². The molecule has 0 fully saturated rings. The molecule has 28 heavy (non-hydrogen) atoms. The standard InChI is InChI=1S/C18H15N5O5/c1-9(24)15(23-22-11-4-2-10(3-5-11)17(26)27)16(25)19-12-6-7-13-14(8-12)21-18(28)20-13/h2-8,24H,1H3,(H,19,25)(H,26,27)(H2,20,21,28)/b15-9-,23-22?. The number of carbonyl (C=O) groups is 2. The molecule has 10 heteroatoms. The summed E-state index contributed by atoms with van der Waals surface area (Å²) in [5.41, 5.74) is 1.19. The van der Waals surface area contributed by atoms with E-state index in [-0.39, 0.29) is 22.7 Å². The number of hydrogen-bond donors (Lipinski definition) is 5. The topological polar surface area (TPSA) is 160 Å². The van der Waals surface area contributed by atoms with Crippen molar-refractivity contribution in [3.63, 3.8) is 0 Å². The summed E-state index contributed by atoms with van der Waals surface area (Å²) in [7, 11) is 0. The average Bonchev–Trinajstić information content (AvgIpc) is 3.01. The van der Waals surface area contributed by atoms with Crippen LogP contribution in [0.3, 0.4) is 0 Å². The first kappa shape index (κ1) is 18.6. The van der Waals surface area contributed by atoms with Crippen LogP contribution in [0, 0.1) is 0 Å². The second-order valence-corrected chi connectivity index (χ2v) is 5.78. The minimum absolute atomic E-state index is 0.0870. The van der Waals surface area contributed by atoms with Gasteiger partial charge in [-0.25, -0.2) is 9.59 Å². The Morgan fingerprint density at radius 3 is 2.32 bits per heavy atom. The maximum absolute atomic E-state index is 12.4. The van der Waals surface area contributed by atoms with Crippen LogP contribution in [0.4, 0.5) is 11.4 Å². The number of benzene rings is 2. The molecule has 0 radical (unpaired) electrons. The second kappa shape index (κ2) is 7.58. The van der Waals surface area contributed by atoms with Crippen LogP contribution < -0.4 is 11.0 Å². The van der Waals surface area contributed by atoms with Crippen LogP contribution in [0.25, 0.3) is 11.0 Å². The number of carboxylic acids is 1. The molecule has 1 heterocycles. The minimum atomic E-state index is -1.07. The monoisotopic (exact) mass is 381 g/mol. The summed E-state index contributed by atoms with van der Waals surface area (Å²) < 4.78 is 0. The van der Waals surface area contributed by atoms with Crippen LogP contribution in [0.1, 0.15) is 17.3 Å². The Kier molecular flexibility index (Phi) is 5.03. The molecule has 0 spiro atoms. The van der Waals surface area contributed by atoms with Crippen molar-refractivity contribution < 1.29 is 19.8 Å². The Bertz CT molecular complexity index is 1170. The summed E-state index contributed by atoms with van der Waals surface area (Å²) in [6.45, 7) is 1.29. The molecule has 2 aromatic carbocycles. The van der Waals surface area contributed by atoms with Gasteiger partial charge in [0.1, 0.15) is 5.76 Å². The van der Waals surface area contributed by atoms with E-state index in [9.17, 15) is 19.5 Å². The number of aromatic amines is 2. The van der Waals surface area contributed by atoms with Gasteiger partial charge in [-0.05, 0) is 49.4 Å². The summed E-state index contributed by atoms with van der Waals surface area (Å²) in [5, 5.41) is 28.8. The number of carbonyl (C=O) groups excluding carboxylic acids is 1. The summed E-state index contributed by atoms with van der Waals surface area (Å²) in [6.07, 6.45) is 0. The molecule has 0 aliphatic rings. The first-order valence-electron chi connectivity index (χ1n) is 8.02. The SMILES string of the molecule is C/C(O)=C(/N=Nc1ccc(C(=O)O)cc1)C(=O)Nc1ccc2[nH]c(=O)[nH]c2c1. The molecule has 1 aromatic heterocycles. The van der Waals surface area contributed by atoms with Gasteiger partial charge in [0.15, 0.2) is 5.70 Å². The van der Waals surface area contributed by atoms with Gasteiger partial charge in [-0.3, -0.25) is 4.79 Å². The van der Waals surface area contributed by atoms with Gasteiger partial charge in [0, 0.05) is 5.69 Å². The number of aromatic nitrogens is 2. The van der Waals surface area contributed by atoms with E-state index in [1.54, 1.807) is 18.2 Å². The van der Waals surface area contributed by atoms with Crippen LogP contribution in [-0.2, 0) is 4.79 Å². The van der Waals surface area contributed by atoms with Crippen molar-refractivity contribution in [2.24, 2.45) is 10.2 Å². The zero-order chi connectivity index (χ0) is 20.3. The quantitative estimate of drug-likeness (QED) is 0.260. The number of aromatic carboxylic acids is 1. The lowest BCUT2D eigenvalue weighted by Gasteiger charge is -2.06. The number of aliphatic hydroxyl groups excluding tert-OH is 1. The third-order valence-corrected chi connectivity index (χ3v) is 3.71. The molecule has 1 amide bonds. The number of imidazole rings is 1. The van der Waals surface area contributed by atoms with Crippen LogP contribution in [0.5, 0.6) is 0 Å². The molecule has 0 bridgehead atoms. The lowest BCUT2D eigenvalue weighted by atomic mass is 10.2. The van der Waals surface area contributed by atoms with E-state index >= 15 is 0 Å². The van der Waals surface area contributed by atoms with Crippen LogP contribution >= 0.6 is 0 Å². The van der Waals surface area contributed by atoms with Crippen molar-refractivity contribution in [3.8, 4) is 0 Å². The van der Waals surface area contributed by atoms with E-state index in [0.717, 1.165) is 0 Å². The van der Waals surface area contributed by atoms with E-state index in [4.69, 9.17) is 5.11 Å². The fraction of sp³-hybridized carbons (Fsp3) is 0.0556. The number of aliphatic hydroxyl groups is 1. The maximum atomic E-state index is 12.4. The molecule has 0 saturated carbocycles. The van der Waals surface area contributed by atoms with Gasteiger partial charge in [-0.2, -0.15) is 5.11 Å². The minimum Gasteiger partial charge on any atom is -0.510 e. The molecule has 3 aromatic rings. The van der Waals surface area contributed by atoms with Crippen LogP contribution in [0.15, 0.2) is 68.9 Å². The summed E-state index contributed by atoms with van der Waals surface area (Å²) in [4.78, 5) is 39.7. The number of H-pyrrole nitrogens is 2. The number of amides is 1. The number of rotatable bonds is 5. The normalized spacial score (nSPS) is 12.2. The first-order valence-corrected chi connectivity index (χ1v) is 8.02. The summed E-state index contributed by atoms with van der Waals surface area (Å²) in [5.74, 6) is -2.13. The van der Waals surface area contributed by atoms with Gasteiger partial charge in [-0.15, -0.1) is 5.11 Å². The van der Waals surface area contributed by atoms with Crippen LogP contribution in [0.2, 0.25) is 0 Å². The van der Waals surface area contributed by atoms with Crippen molar-refractivity contribution in [1.29, 1.82) is 0 Å². The highest BCUT2D eigenvalue weighted by Gasteiger charge is 2.14. The van der Waals surface area contributed by atoms with Crippen LogP contribution in [-0.4, -0.2) is 32.1 Å². The number of nitrogens with one attached hydrogen (secondary N) is 3. The number of azo groups is 1. The highest BCUT2D eigenvalue weighted by molar-refractivity contribution is 6.04. The van der Waals surface area contributed by atoms with E-state index in [0.29, 0.717) is 22.4 Å². The van der Waals surface area contributed by atoms with E-state index < -0.39 is 11.9 Å². The molecule has 0 aliphatic carbocycles. The zero-order valence-electron chi connectivity index (χ0n) is 14.6. The van der Waals surface area contributed by atoms with Gasteiger partial charge >= 0.3 is 11.7 Å². The lowest BCUT2D eigenvalue weighted by Crippen LogP contribution is -2.14.